The Balaban J connectivity index is 2.12. The molecule has 3 nitrogen and oxygen atoms in total. The predicted octanol–water partition coefficient (Wildman–Crippen LogP) is 2.32. The maximum Gasteiger partial charge on any atom is 0.264 e. The molecule has 0 aromatic carbocycles. The molecule has 0 aliphatic carbocycles. The van der Waals surface area contributed by atoms with Gasteiger partial charge in [-0.25, -0.2) is 0 Å². The number of hydrogen-bond donors (Lipinski definition) is 1. The molecule has 1 amide bonds. The van der Waals surface area contributed by atoms with Gasteiger partial charge in [-0.3, -0.25) is 4.79 Å². The van der Waals surface area contributed by atoms with Crippen LogP contribution < -0.4 is 5.73 Å². The summed E-state index contributed by atoms with van der Waals surface area (Å²) in [7, 11) is 0. The minimum absolute atomic E-state index is 0.143. The van der Waals surface area contributed by atoms with Crippen LogP contribution in [0.15, 0.2) is 12.1 Å². The van der Waals surface area contributed by atoms with E-state index in [0.29, 0.717) is 18.5 Å². The molecular weight excluding hydrogens is 256 g/mol. The van der Waals surface area contributed by atoms with Crippen LogP contribution in [0, 0.1) is 17.8 Å². The van der Waals surface area contributed by atoms with Crippen molar-refractivity contribution in [2.24, 2.45) is 11.7 Å². The summed E-state index contributed by atoms with van der Waals surface area (Å²) in [6.07, 6.45) is 2.31. The number of piperidine rings is 1. The lowest BCUT2D eigenvalue weighted by Gasteiger charge is -2.36. The number of hydrogen-bond acceptors (Lipinski definition) is 3. The standard InChI is InChI=1S/C15H20N2OS/c1-11-5-6-12(2)17(10-11)15(18)14-8-7-13(19-14)4-3-9-16/h7-8,11-12H,5-6,9-10,16H2,1-2H3. The summed E-state index contributed by atoms with van der Waals surface area (Å²) in [6.45, 7) is 5.55. The fourth-order valence-electron chi connectivity index (χ4n) is 2.37. The van der Waals surface area contributed by atoms with Crippen molar-refractivity contribution in [2.75, 3.05) is 13.1 Å². The van der Waals surface area contributed by atoms with Gasteiger partial charge in [-0.05, 0) is 37.8 Å². The molecule has 2 rings (SSSR count). The van der Waals surface area contributed by atoms with Crippen LogP contribution in [0.5, 0.6) is 0 Å². The summed E-state index contributed by atoms with van der Waals surface area (Å²) in [5.41, 5.74) is 5.35. The Bertz CT molecular complexity index is 512. The lowest BCUT2D eigenvalue weighted by atomic mass is 9.95. The highest BCUT2D eigenvalue weighted by Crippen LogP contribution is 2.25. The monoisotopic (exact) mass is 276 g/mol. The van der Waals surface area contributed by atoms with Crippen LogP contribution in [0.3, 0.4) is 0 Å². The molecule has 1 aliphatic rings. The molecule has 2 N–H and O–H groups in total. The molecule has 0 saturated carbocycles. The van der Waals surface area contributed by atoms with Gasteiger partial charge in [0.15, 0.2) is 0 Å². The minimum Gasteiger partial charge on any atom is -0.335 e. The van der Waals surface area contributed by atoms with E-state index >= 15 is 0 Å². The second kappa shape index (κ2) is 6.23. The SMILES string of the molecule is CC1CCC(C)N(C(=O)c2ccc(C#CCN)s2)C1. The summed E-state index contributed by atoms with van der Waals surface area (Å²) < 4.78 is 0. The van der Waals surface area contributed by atoms with Gasteiger partial charge in [0.05, 0.1) is 16.3 Å². The van der Waals surface area contributed by atoms with Gasteiger partial charge < -0.3 is 10.6 Å². The maximum atomic E-state index is 12.5. The largest absolute Gasteiger partial charge is 0.335 e. The first kappa shape index (κ1) is 14.1. The van der Waals surface area contributed by atoms with E-state index in [1.54, 1.807) is 0 Å². The maximum absolute atomic E-state index is 12.5. The molecule has 0 spiro atoms. The fraction of sp³-hybridized carbons (Fsp3) is 0.533. The zero-order valence-corrected chi connectivity index (χ0v) is 12.3. The first-order valence-corrected chi connectivity index (χ1v) is 7.53. The van der Waals surface area contributed by atoms with Crippen LogP contribution in [0.1, 0.15) is 41.2 Å². The predicted molar refractivity (Wildman–Crippen MR) is 79.1 cm³/mol. The van der Waals surface area contributed by atoms with Crippen molar-refractivity contribution in [3.8, 4) is 11.8 Å². The van der Waals surface area contributed by atoms with Crippen LogP contribution >= 0.6 is 11.3 Å². The van der Waals surface area contributed by atoms with Crippen molar-refractivity contribution in [3.05, 3.63) is 21.9 Å². The highest BCUT2D eigenvalue weighted by atomic mass is 32.1. The molecule has 0 radical (unpaired) electrons. The van der Waals surface area contributed by atoms with Gasteiger partial charge in [-0.15, -0.1) is 11.3 Å². The number of rotatable bonds is 1. The third-order valence-electron chi connectivity index (χ3n) is 3.51. The van der Waals surface area contributed by atoms with E-state index in [2.05, 4.69) is 25.7 Å². The van der Waals surface area contributed by atoms with Gasteiger partial charge in [-0.2, -0.15) is 0 Å². The van der Waals surface area contributed by atoms with E-state index < -0.39 is 0 Å². The number of amides is 1. The Morgan fingerprint density at radius 2 is 2.26 bits per heavy atom. The molecule has 1 fully saturated rings. The Morgan fingerprint density at radius 1 is 1.47 bits per heavy atom. The first-order chi connectivity index (χ1) is 9.11. The van der Waals surface area contributed by atoms with Gasteiger partial charge in [0.1, 0.15) is 0 Å². The van der Waals surface area contributed by atoms with E-state index in [1.165, 1.54) is 17.8 Å². The molecule has 0 bridgehead atoms. The molecule has 1 saturated heterocycles. The number of carbonyl (C=O) groups excluding carboxylic acids is 1. The second-order valence-electron chi connectivity index (χ2n) is 5.16. The van der Waals surface area contributed by atoms with Crippen molar-refractivity contribution in [1.82, 2.24) is 4.90 Å². The van der Waals surface area contributed by atoms with Crippen molar-refractivity contribution < 1.29 is 4.79 Å². The molecule has 4 heteroatoms. The highest BCUT2D eigenvalue weighted by molar-refractivity contribution is 7.14. The summed E-state index contributed by atoms with van der Waals surface area (Å²) in [5, 5.41) is 0. The average molecular weight is 276 g/mol. The Labute approximate surface area is 118 Å². The first-order valence-electron chi connectivity index (χ1n) is 6.71. The van der Waals surface area contributed by atoms with Gasteiger partial charge in [0.25, 0.3) is 5.91 Å². The summed E-state index contributed by atoms with van der Waals surface area (Å²) in [5.74, 6) is 6.53. The van der Waals surface area contributed by atoms with E-state index in [-0.39, 0.29) is 5.91 Å². The smallest absolute Gasteiger partial charge is 0.264 e. The summed E-state index contributed by atoms with van der Waals surface area (Å²) in [4.78, 5) is 16.2. The molecule has 19 heavy (non-hydrogen) atoms. The van der Waals surface area contributed by atoms with Crippen LogP contribution in [-0.2, 0) is 0 Å². The molecule has 102 valence electrons. The van der Waals surface area contributed by atoms with Crippen molar-refractivity contribution in [2.45, 2.75) is 32.7 Å². The van der Waals surface area contributed by atoms with Crippen LogP contribution in [0.25, 0.3) is 0 Å². The Kier molecular flexibility index (Phi) is 4.62. The van der Waals surface area contributed by atoms with Crippen LogP contribution in [0.4, 0.5) is 0 Å². The van der Waals surface area contributed by atoms with Gasteiger partial charge in [-0.1, -0.05) is 18.8 Å². The van der Waals surface area contributed by atoms with Gasteiger partial charge >= 0.3 is 0 Å². The molecule has 1 aliphatic heterocycles. The number of nitrogens with two attached hydrogens (primary N) is 1. The number of thiophene rings is 1. The fourth-order valence-corrected chi connectivity index (χ4v) is 3.21. The molecule has 1 aromatic heterocycles. The zero-order valence-electron chi connectivity index (χ0n) is 11.5. The summed E-state index contributed by atoms with van der Waals surface area (Å²) in [6, 6.07) is 4.11. The Hall–Kier alpha value is -1.31. The van der Waals surface area contributed by atoms with Gasteiger partial charge in [0, 0.05) is 12.6 Å². The van der Waals surface area contributed by atoms with Crippen LogP contribution in [-0.4, -0.2) is 29.9 Å². The second-order valence-corrected chi connectivity index (χ2v) is 6.24. The van der Waals surface area contributed by atoms with Crippen molar-refractivity contribution in [3.63, 3.8) is 0 Å². The summed E-state index contributed by atoms with van der Waals surface area (Å²) >= 11 is 1.46. The van der Waals surface area contributed by atoms with E-state index in [4.69, 9.17) is 5.73 Å². The minimum atomic E-state index is 0.143. The van der Waals surface area contributed by atoms with Crippen LogP contribution in [0.2, 0.25) is 0 Å². The third kappa shape index (κ3) is 3.37. The third-order valence-corrected chi connectivity index (χ3v) is 4.50. The topological polar surface area (TPSA) is 46.3 Å². The normalized spacial score (nSPS) is 22.8. The quantitative estimate of drug-likeness (QED) is 0.800. The lowest BCUT2D eigenvalue weighted by Crippen LogP contribution is -2.44. The molecule has 1 aromatic rings. The highest BCUT2D eigenvalue weighted by Gasteiger charge is 2.28. The number of nitrogens with zero attached hydrogens (tertiary/aromatic N) is 1. The van der Waals surface area contributed by atoms with Gasteiger partial charge in [0.2, 0.25) is 0 Å². The Morgan fingerprint density at radius 3 is 3.00 bits per heavy atom. The lowest BCUT2D eigenvalue weighted by molar-refractivity contribution is 0.0579. The average Bonchev–Trinajstić information content (AvgIpc) is 2.87. The molecule has 2 unspecified atom stereocenters. The van der Waals surface area contributed by atoms with E-state index in [0.717, 1.165) is 22.7 Å². The van der Waals surface area contributed by atoms with E-state index in [9.17, 15) is 4.79 Å². The van der Waals surface area contributed by atoms with Crippen molar-refractivity contribution in [1.29, 1.82) is 0 Å². The number of likely N-dealkylation sites (tertiary alicyclic amines) is 1. The number of carbonyl (C=O) groups is 1. The van der Waals surface area contributed by atoms with E-state index in [1.807, 2.05) is 17.0 Å². The van der Waals surface area contributed by atoms with Crippen molar-refractivity contribution >= 4 is 17.2 Å². The zero-order chi connectivity index (χ0) is 13.8. The molecule has 2 atom stereocenters. The molecular formula is C15H20N2OS. The molecule has 2 heterocycles.